The summed E-state index contributed by atoms with van der Waals surface area (Å²) in [6.07, 6.45) is 0.800. The minimum Gasteiger partial charge on any atom is -0.490 e. The van der Waals surface area contributed by atoms with Gasteiger partial charge < -0.3 is 24.0 Å². The summed E-state index contributed by atoms with van der Waals surface area (Å²) in [5.41, 5.74) is 4.13. The van der Waals surface area contributed by atoms with Gasteiger partial charge in [-0.3, -0.25) is 0 Å². The fourth-order valence-electron chi connectivity index (χ4n) is 4.07. The van der Waals surface area contributed by atoms with Crippen molar-refractivity contribution in [1.29, 1.82) is 0 Å². The topological polar surface area (TPSA) is 51.2 Å². The molecule has 1 aromatic carbocycles. The molecule has 0 radical (unpaired) electrons. The van der Waals surface area contributed by atoms with Gasteiger partial charge in [-0.15, -0.1) is 0 Å². The number of rotatable bonds is 4. The maximum absolute atomic E-state index is 13.2. The normalized spacial score (nSPS) is 17.7. The summed E-state index contributed by atoms with van der Waals surface area (Å²) in [6, 6.07) is 2.10. The highest BCUT2D eigenvalue weighted by Gasteiger charge is 2.29. The van der Waals surface area contributed by atoms with Crippen molar-refractivity contribution in [2.75, 3.05) is 51.5 Å². The smallest absolute Gasteiger partial charge is 0.410 e. The van der Waals surface area contributed by atoms with Crippen LogP contribution in [0.4, 0.5) is 14.9 Å². The van der Waals surface area contributed by atoms with E-state index in [1.54, 1.807) is 12.0 Å². The van der Waals surface area contributed by atoms with E-state index >= 15 is 0 Å². The Bertz CT molecular complexity index is 743. The Morgan fingerprint density at radius 2 is 2.00 bits per heavy atom. The number of halogens is 1. The average molecular weight is 409 g/mol. The summed E-state index contributed by atoms with van der Waals surface area (Å²) >= 11 is 0. The lowest BCUT2D eigenvalue weighted by Crippen LogP contribution is -2.40. The van der Waals surface area contributed by atoms with Gasteiger partial charge in [0.25, 0.3) is 0 Å². The molecule has 2 aliphatic rings. The third-order valence-electron chi connectivity index (χ3n) is 5.53. The SMILES string of the molecule is CO[C@H](CF)CN1CCOc2cc3c(c(C)c21)CCN(C(=O)OC(C)(C)C)CC3. The Balaban J connectivity index is 1.84. The molecule has 0 bridgehead atoms. The van der Waals surface area contributed by atoms with Crippen LogP contribution in [0.15, 0.2) is 6.07 Å². The van der Waals surface area contributed by atoms with Gasteiger partial charge >= 0.3 is 6.09 Å². The molecule has 6 nitrogen and oxygen atoms in total. The van der Waals surface area contributed by atoms with Crippen LogP contribution in [0.3, 0.4) is 0 Å². The molecule has 0 N–H and O–H groups in total. The number of hydrogen-bond acceptors (Lipinski definition) is 5. The number of amides is 1. The number of methoxy groups -OCH3 is 1. The Morgan fingerprint density at radius 3 is 2.66 bits per heavy atom. The van der Waals surface area contributed by atoms with Gasteiger partial charge in [0, 0.05) is 26.7 Å². The van der Waals surface area contributed by atoms with Crippen LogP contribution >= 0.6 is 0 Å². The van der Waals surface area contributed by atoms with Crippen LogP contribution in [0.25, 0.3) is 0 Å². The number of carbonyl (C=O) groups is 1. The van der Waals surface area contributed by atoms with Crippen LogP contribution in [0.2, 0.25) is 0 Å². The minimum atomic E-state index is -0.516. The maximum Gasteiger partial charge on any atom is 0.410 e. The summed E-state index contributed by atoms with van der Waals surface area (Å²) in [4.78, 5) is 16.5. The van der Waals surface area contributed by atoms with E-state index in [0.29, 0.717) is 32.8 Å². The number of alkyl halides is 1. The Labute approximate surface area is 172 Å². The number of carbonyl (C=O) groups excluding carboxylic acids is 1. The van der Waals surface area contributed by atoms with E-state index < -0.39 is 18.4 Å². The molecule has 1 aromatic rings. The fraction of sp³-hybridized carbons (Fsp3) is 0.682. The van der Waals surface area contributed by atoms with Crippen LogP contribution in [-0.4, -0.2) is 69.3 Å². The first kappa shape index (κ1) is 21.7. The summed E-state index contributed by atoms with van der Waals surface area (Å²) in [5.74, 6) is 0.840. The van der Waals surface area contributed by atoms with Crippen molar-refractivity contribution in [2.45, 2.75) is 52.2 Å². The Hall–Kier alpha value is -2.02. The molecule has 29 heavy (non-hydrogen) atoms. The molecule has 0 unspecified atom stereocenters. The zero-order valence-corrected chi connectivity index (χ0v) is 18.2. The van der Waals surface area contributed by atoms with Gasteiger partial charge in [0.05, 0.1) is 12.2 Å². The van der Waals surface area contributed by atoms with Crippen molar-refractivity contribution in [3.63, 3.8) is 0 Å². The van der Waals surface area contributed by atoms with E-state index in [9.17, 15) is 9.18 Å². The van der Waals surface area contributed by atoms with E-state index in [1.807, 2.05) is 20.8 Å². The van der Waals surface area contributed by atoms with Gasteiger partial charge in [-0.05, 0) is 63.3 Å². The van der Waals surface area contributed by atoms with E-state index in [-0.39, 0.29) is 6.09 Å². The van der Waals surface area contributed by atoms with Crippen molar-refractivity contribution in [1.82, 2.24) is 4.90 Å². The van der Waals surface area contributed by atoms with Crippen molar-refractivity contribution >= 4 is 11.8 Å². The molecule has 0 saturated heterocycles. The first-order valence-corrected chi connectivity index (χ1v) is 10.3. The van der Waals surface area contributed by atoms with Crippen LogP contribution in [-0.2, 0) is 22.3 Å². The number of ether oxygens (including phenoxy) is 3. The van der Waals surface area contributed by atoms with Crippen molar-refractivity contribution < 1.29 is 23.4 Å². The molecule has 0 fully saturated rings. The number of hydrogen-bond donors (Lipinski definition) is 0. The molecular formula is C22H33FN2O4. The number of anilines is 1. The average Bonchev–Trinajstić information content (AvgIpc) is 2.87. The third kappa shape index (κ3) is 4.94. The molecule has 0 aliphatic carbocycles. The molecule has 0 aromatic heterocycles. The zero-order chi connectivity index (χ0) is 21.2. The molecule has 2 heterocycles. The lowest BCUT2D eigenvalue weighted by molar-refractivity contribution is 0.0258. The second-order valence-corrected chi connectivity index (χ2v) is 8.76. The highest BCUT2D eigenvalue weighted by atomic mass is 19.1. The first-order valence-electron chi connectivity index (χ1n) is 10.3. The second kappa shape index (κ2) is 8.78. The molecule has 7 heteroatoms. The van der Waals surface area contributed by atoms with Gasteiger partial charge in [-0.1, -0.05) is 0 Å². The second-order valence-electron chi connectivity index (χ2n) is 8.76. The van der Waals surface area contributed by atoms with Gasteiger partial charge in [0.1, 0.15) is 30.7 Å². The van der Waals surface area contributed by atoms with Crippen LogP contribution in [0, 0.1) is 6.92 Å². The van der Waals surface area contributed by atoms with Gasteiger partial charge in [0.15, 0.2) is 0 Å². The quantitative estimate of drug-likeness (QED) is 0.763. The van der Waals surface area contributed by atoms with E-state index in [0.717, 1.165) is 29.8 Å². The lowest BCUT2D eigenvalue weighted by atomic mass is 9.94. The monoisotopic (exact) mass is 408 g/mol. The molecule has 162 valence electrons. The van der Waals surface area contributed by atoms with Crippen molar-refractivity contribution in [3.05, 3.63) is 22.8 Å². The highest BCUT2D eigenvalue weighted by molar-refractivity contribution is 5.71. The standard InChI is InChI=1S/C22H33FN2O4/c1-15-18-7-9-24(21(26)29-22(2,3)4)8-6-16(18)12-19-20(15)25(10-11-28-19)14-17(13-23)27-5/h12,17H,6-11,13-14H2,1-5H3/t17-/m1/s1. The van der Waals surface area contributed by atoms with E-state index in [2.05, 4.69) is 17.9 Å². The van der Waals surface area contributed by atoms with Crippen LogP contribution in [0.1, 0.15) is 37.5 Å². The Kier molecular flexibility index (Phi) is 6.56. The highest BCUT2D eigenvalue weighted by Crippen LogP contribution is 2.40. The molecule has 1 amide bonds. The molecule has 0 saturated carbocycles. The number of benzene rings is 1. The van der Waals surface area contributed by atoms with E-state index in [4.69, 9.17) is 14.2 Å². The van der Waals surface area contributed by atoms with Gasteiger partial charge in [0.2, 0.25) is 0 Å². The van der Waals surface area contributed by atoms with E-state index in [1.165, 1.54) is 11.1 Å². The predicted octanol–water partition coefficient (Wildman–Crippen LogP) is 3.51. The fourth-order valence-corrected chi connectivity index (χ4v) is 4.07. The molecule has 2 aliphatic heterocycles. The number of nitrogens with zero attached hydrogens (tertiary/aromatic N) is 2. The molecule has 0 spiro atoms. The molecule has 1 atom stereocenters. The summed E-state index contributed by atoms with van der Waals surface area (Å²) < 4.78 is 30.0. The number of fused-ring (bicyclic) bond motifs is 2. The van der Waals surface area contributed by atoms with Crippen molar-refractivity contribution in [3.8, 4) is 5.75 Å². The first-order chi connectivity index (χ1) is 13.7. The molecule has 3 rings (SSSR count). The van der Waals surface area contributed by atoms with Crippen molar-refractivity contribution in [2.24, 2.45) is 0 Å². The van der Waals surface area contributed by atoms with Gasteiger partial charge in [-0.25, -0.2) is 9.18 Å². The minimum absolute atomic E-state index is 0.267. The summed E-state index contributed by atoms with van der Waals surface area (Å²) in [5, 5.41) is 0. The summed E-state index contributed by atoms with van der Waals surface area (Å²) in [7, 11) is 1.54. The lowest BCUT2D eigenvalue weighted by Gasteiger charge is -2.35. The molecular weight excluding hydrogens is 375 g/mol. The Morgan fingerprint density at radius 1 is 1.28 bits per heavy atom. The predicted molar refractivity (Wildman–Crippen MR) is 111 cm³/mol. The maximum atomic E-state index is 13.2. The third-order valence-corrected chi connectivity index (χ3v) is 5.53. The zero-order valence-electron chi connectivity index (χ0n) is 18.2. The van der Waals surface area contributed by atoms with Gasteiger partial charge in [-0.2, -0.15) is 0 Å². The summed E-state index contributed by atoms with van der Waals surface area (Å²) in [6.45, 7) is 10.2. The van der Waals surface area contributed by atoms with Crippen LogP contribution < -0.4 is 9.64 Å². The van der Waals surface area contributed by atoms with Crippen LogP contribution in [0.5, 0.6) is 5.75 Å². The largest absolute Gasteiger partial charge is 0.490 e.